The molecule has 2 fully saturated rings. The van der Waals surface area contributed by atoms with Gasteiger partial charge in [0.25, 0.3) is 0 Å². The summed E-state index contributed by atoms with van der Waals surface area (Å²) in [5.41, 5.74) is -1.96. The number of allylic oxidation sites excluding steroid dienone is 1. The van der Waals surface area contributed by atoms with Crippen molar-refractivity contribution in [3.8, 4) is 0 Å². The Morgan fingerprint density at radius 1 is 1.24 bits per heavy atom. The fraction of sp³-hybridized carbons (Fsp3) is 0.800. The van der Waals surface area contributed by atoms with Crippen LogP contribution < -0.4 is 0 Å². The summed E-state index contributed by atoms with van der Waals surface area (Å²) < 4.78 is 10.7. The van der Waals surface area contributed by atoms with Crippen molar-refractivity contribution in [3.63, 3.8) is 0 Å². The van der Waals surface area contributed by atoms with Crippen LogP contribution >= 0.6 is 0 Å². The Hall–Kier alpha value is -1.77. The molecule has 1 saturated heterocycles. The molecular formula is C25H38O8. The van der Waals surface area contributed by atoms with Crippen LogP contribution in [0.25, 0.3) is 0 Å². The molecule has 0 unspecified atom stereocenters. The Bertz CT molecular complexity index is 774. The van der Waals surface area contributed by atoms with Crippen LogP contribution in [0.4, 0.5) is 0 Å². The molecule has 2 aliphatic carbocycles. The fourth-order valence-corrected chi connectivity index (χ4v) is 6.27. The average molecular weight is 467 g/mol. The van der Waals surface area contributed by atoms with Gasteiger partial charge in [0.1, 0.15) is 23.9 Å². The predicted octanol–water partition coefficient (Wildman–Crippen LogP) is 2.42. The zero-order valence-corrected chi connectivity index (χ0v) is 19.9. The summed E-state index contributed by atoms with van der Waals surface area (Å²) in [5.74, 6) is -3.07. The van der Waals surface area contributed by atoms with E-state index in [2.05, 4.69) is 6.92 Å². The van der Waals surface area contributed by atoms with E-state index in [9.17, 15) is 29.7 Å². The largest absolute Gasteiger partial charge is 0.458 e. The highest BCUT2D eigenvalue weighted by molar-refractivity contribution is 5.87. The standard InChI is InChI=1S/C25H38O8/c1-4-5-6-7-8-9-10-16(27)21(29)32-17-13-24(2,3)18-12-11-15(14-26)19-22(30)33-23(31)25(18,19)20(17)28/h11,14,16-20,22,27-28,30H,4-10,12-13H2,1-3H3/t16-,17+,18+,19-,20+,22+,25-/m1/s1. The highest BCUT2D eigenvalue weighted by atomic mass is 16.6. The second-order valence-electron chi connectivity index (χ2n) is 10.5. The molecule has 8 nitrogen and oxygen atoms in total. The molecule has 33 heavy (non-hydrogen) atoms. The third kappa shape index (κ3) is 4.62. The monoisotopic (exact) mass is 466 g/mol. The number of unbranched alkanes of at least 4 members (excludes halogenated alkanes) is 5. The van der Waals surface area contributed by atoms with Gasteiger partial charge < -0.3 is 24.8 Å². The molecule has 3 aliphatic rings. The van der Waals surface area contributed by atoms with Crippen LogP contribution in [0.15, 0.2) is 11.6 Å². The number of rotatable bonds is 10. The second kappa shape index (κ2) is 10.2. The van der Waals surface area contributed by atoms with Gasteiger partial charge in [0, 0.05) is 0 Å². The quantitative estimate of drug-likeness (QED) is 0.254. The molecule has 0 aromatic carbocycles. The van der Waals surface area contributed by atoms with Gasteiger partial charge in [-0.25, -0.2) is 4.79 Å². The van der Waals surface area contributed by atoms with Crippen LogP contribution in [-0.4, -0.2) is 58.1 Å². The van der Waals surface area contributed by atoms with Gasteiger partial charge in [0.05, 0.1) is 5.92 Å². The summed E-state index contributed by atoms with van der Waals surface area (Å²) in [4.78, 5) is 37.4. The number of esters is 2. The van der Waals surface area contributed by atoms with Crippen LogP contribution in [-0.2, 0) is 23.9 Å². The zero-order chi connectivity index (χ0) is 24.4. The smallest absolute Gasteiger partial charge is 0.335 e. The maximum absolute atomic E-state index is 13.1. The van der Waals surface area contributed by atoms with Crippen molar-refractivity contribution in [1.29, 1.82) is 0 Å². The van der Waals surface area contributed by atoms with E-state index >= 15 is 0 Å². The lowest BCUT2D eigenvalue weighted by Crippen LogP contribution is -2.65. The van der Waals surface area contributed by atoms with Gasteiger partial charge in [0.15, 0.2) is 6.10 Å². The lowest BCUT2D eigenvalue weighted by atomic mass is 9.46. The normalized spacial score (nSPS) is 35.6. The number of carbonyl (C=O) groups excluding carboxylic acids is 3. The number of hydrogen-bond acceptors (Lipinski definition) is 8. The van der Waals surface area contributed by atoms with Gasteiger partial charge in [-0.15, -0.1) is 0 Å². The fourth-order valence-electron chi connectivity index (χ4n) is 6.27. The molecule has 1 spiro atoms. The summed E-state index contributed by atoms with van der Waals surface area (Å²) in [5, 5.41) is 32.1. The Kier molecular flexibility index (Phi) is 8.02. The molecule has 186 valence electrons. The minimum atomic E-state index is -1.60. The first kappa shape index (κ1) is 25.8. The van der Waals surface area contributed by atoms with Crippen molar-refractivity contribution >= 4 is 18.2 Å². The topological polar surface area (TPSA) is 130 Å². The molecule has 3 N–H and O–H groups in total. The Morgan fingerprint density at radius 2 is 1.91 bits per heavy atom. The number of hydrogen-bond donors (Lipinski definition) is 3. The maximum Gasteiger partial charge on any atom is 0.335 e. The average Bonchev–Trinajstić information content (AvgIpc) is 3.04. The van der Waals surface area contributed by atoms with Crippen molar-refractivity contribution in [2.24, 2.45) is 22.7 Å². The molecule has 1 heterocycles. The summed E-state index contributed by atoms with van der Waals surface area (Å²) in [6.45, 7) is 5.96. The van der Waals surface area contributed by atoms with E-state index in [1.165, 1.54) is 6.42 Å². The van der Waals surface area contributed by atoms with E-state index in [0.29, 0.717) is 19.1 Å². The molecule has 8 heteroatoms. The Morgan fingerprint density at radius 3 is 2.58 bits per heavy atom. The first-order chi connectivity index (χ1) is 15.6. The second-order valence-corrected chi connectivity index (χ2v) is 10.5. The van der Waals surface area contributed by atoms with Crippen LogP contribution in [0.1, 0.15) is 78.6 Å². The molecular weight excluding hydrogens is 428 g/mol. The van der Waals surface area contributed by atoms with E-state index in [1.807, 2.05) is 13.8 Å². The molecule has 0 radical (unpaired) electrons. The lowest BCUT2D eigenvalue weighted by molar-refractivity contribution is -0.211. The SMILES string of the molecule is CCCCCCCC[C@@H](O)C(=O)O[C@H]1CC(C)(C)[C@@H]2CC=C(C=O)[C@@H]3[C@@H](O)OC(=O)[C@@]32[C@H]1O. The number of ether oxygens (including phenoxy) is 2. The van der Waals surface area contributed by atoms with Crippen molar-refractivity contribution in [1.82, 2.24) is 0 Å². The number of aliphatic hydroxyl groups is 3. The van der Waals surface area contributed by atoms with E-state index in [4.69, 9.17) is 9.47 Å². The third-order valence-corrected chi connectivity index (χ3v) is 7.93. The first-order valence-electron chi connectivity index (χ1n) is 12.2. The minimum Gasteiger partial charge on any atom is -0.458 e. The summed E-state index contributed by atoms with van der Waals surface area (Å²) in [6.07, 6.45) is 3.86. The van der Waals surface area contributed by atoms with E-state index in [-0.39, 0.29) is 18.4 Å². The van der Waals surface area contributed by atoms with Crippen LogP contribution in [0.5, 0.6) is 0 Å². The Balaban J connectivity index is 1.75. The van der Waals surface area contributed by atoms with E-state index in [1.54, 1.807) is 6.08 Å². The molecule has 3 rings (SSSR count). The van der Waals surface area contributed by atoms with Crippen molar-refractivity contribution in [2.45, 2.75) is 103 Å². The van der Waals surface area contributed by atoms with Crippen LogP contribution in [0.3, 0.4) is 0 Å². The number of aliphatic hydroxyl groups excluding tert-OH is 3. The zero-order valence-electron chi connectivity index (χ0n) is 19.9. The minimum absolute atomic E-state index is 0.203. The number of aldehydes is 1. The van der Waals surface area contributed by atoms with Crippen molar-refractivity contribution < 1.29 is 39.2 Å². The summed E-state index contributed by atoms with van der Waals surface area (Å²) in [7, 11) is 0. The predicted molar refractivity (Wildman–Crippen MR) is 119 cm³/mol. The third-order valence-electron chi connectivity index (χ3n) is 7.93. The molecule has 1 saturated carbocycles. The summed E-state index contributed by atoms with van der Waals surface area (Å²) in [6, 6.07) is 0. The van der Waals surface area contributed by atoms with Gasteiger partial charge in [-0.2, -0.15) is 0 Å². The van der Waals surface area contributed by atoms with Crippen molar-refractivity contribution in [3.05, 3.63) is 11.6 Å². The lowest BCUT2D eigenvalue weighted by Gasteiger charge is -2.56. The van der Waals surface area contributed by atoms with Crippen LogP contribution in [0, 0.1) is 22.7 Å². The molecule has 0 aromatic rings. The van der Waals surface area contributed by atoms with E-state index in [0.717, 1.165) is 25.7 Å². The van der Waals surface area contributed by atoms with Gasteiger partial charge >= 0.3 is 11.9 Å². The maximum atomic E-state index is 13.1. The molecule has 0 bridgehead atoms. The number of cyclic esters (lactones) is 1. The van der Waals surface area contributed by atoms with Gasteiger partial charge in [0.2, 0.25) is 6.29 Å². The highest BCUT2D eigenvalue weighted by Gasteiger charge is 2.73. The number of carbonyl (C=O) groups is 3. The molecule has 0 amide bonds. The van der Waals surface area contributed by atoms with Gasteiger partial charge in [-0.1, -0.05) is 65.4 Å². The van der Waals surface area contributed by atoms with Gasteiger partial charge in [-0.05, 0) is 36.2 Å². The highest BCUT2D eigenvalue weighted by Crippen LogP contribution is 2.63. The molecule has 0 aromatic heterocycles. The van der Waals surface area contributed by atoms with E-state index < -0.39 is 59.2 Å². The molecule has 7 atom stereocenters. The molecule has 1 aliphatic heterocycles. The van der Waals surface area contributed by atoms with Crippen LogP contribution in [0.2, 0.25) is 0 Å². The van der Waals surface area contributed by atoms with Gasteiger partial charge in [-0.3, -0.25) is 9.59 Å². The first-order valence-corrected chi connectivity index (χ1v) is 12.2. The Labute approximate surface area is 195 Å². The summed E-state index contributed by atoms with van der Waals surface area (Å²) >= 11 is 0. The van der Waals surface area contributed by atoms with Crippen molar-refractivity contribution in [2.75, 3.05) is 0 Å².